The molecule has 1 fully saturated rings. The Labute approximate surface area is 115 Å². The van der Waals surface area contributed by atoms with Gasteiger partial charge in [0.25, 0.3) is 0 Å². The standard InChI is InChI=1S/C12H17N3O3S/c1-8-14-10(7-19-8)2-3-13-12(18)15-5-9(6-15)4-11(16)17/h7,9H,2-6H2,1H3,(H,13,18)(H,16,17). The summed E-state index contributed by atoms with van der Waals surface area (Å²) in [7, 11) is 0. The molecule has 0 spiro atoms. The quantitative estimate of drug-likeness (QED) is 0.848. The lowest BCUT2D eigenvalue weighted by Crippen LogP contribution is -2.54. The molecule has 0 saturated carbocycles. The number of aliphatic carboxylic acids is 1. The second kappa shape index (κ2) is 6.01. The lowest BCUT2D eigenvalue weighted by Gasteiger charge is -2.38. The number of aromatic nitrogens is 1. The van der Waals surface area contributed by atoms with Crippen LogP contribution < -0.4 is 5.32 Å². The Morgan fingerprint density at radius 3 is 2.89 bits per heavy atom. The molecule has 0 atom stereocenters. The summed E-state index contributed by atoms with van der Waals surface area (Å²) in [5.41, 5.74) is 0.996. The van der Waals surface area contributed by atoms with E-state index in [1.807, 2.05) is 12.3 Å². The van der Waals surface area contributed by atoms with Crippen molar-refractivity contribution in [3.05, 3.63) is 16.1 Å². The van der Waals surface area contributed by atoms with Crippen LogP contribution in [0.15, 0.2) is 5.38 Å². The van der Waals surface area contributed by atoms with Crippen LogP contribution in [0, 0.1) is 12.8 Å². The summed E-state index contributed by atoms with van der Waals surface area (Å²) in [5.74, 6) is -0.701. The number of hydrogen-bond donors (Lipinski definition) is 2. The van der Waals surface area contributed by atoms with E-state index >= 15 is 0 Å². The maximum atomic E-state index is 11.7. The summed E-state index contributed by atoms with van der Waals surface area (Å²) in [6.07, 6.45) is 0.865. The average Bonchev–Trinajstić information content (AvgIpc) is 2.68. The SMILES string of the molecule is Cc1nc(CCNC(=O)N2CC(CC(=O)O)C2)cs1. The molecule has 7 heteroatoms. The smallest absolute Gasteiger partial charge is 0.317 e. The van der Waals surface area contributed by atoms with E-state index in [2.05, 4.69) is 10.3 Å². The van der Waals surface area contributed by atoms with Gasteiger partial charge in [0.15, 0.2) is 0 Å². The maximum absolute atomic E-state index is 11.7. The van der Waals surface area contributed by atoms with Gasteiger partial charge < -0.3 is 15.3 Å². The first-order chi connectivity index (χ1) is 9.04. The van der Waals surface area contributed by atoms with Crippen molar-refractivity contribution in [3.63, 3.8) is 0 Å². The third-order valence-electron chi connectivity index (χ3n) is 3.03. The third-order valence-corrected chi connectivity index (χ3v) is 3.85. The van der Waals surface area contributed by atoms with Crippen LogP contribution in [0.5, 0.6) is 0 Å². The van der Waals surface area contributed by atoms with E-state index in [9.17, 15) is 9.59 Å². The zero-order chi connectivity index (χ0) is 13.8. The number of nitrogens with zero attached hydrogens (tertiary/aromatic N) is 2. The fourth-order valence-corrected chi connectivity index (χ4v) is 2.69. The van der Waals surface area contributed by atoms with Crippen molar-refractivity contribution in [2.45, 2.75) is 19.8 Å². The number of carbonyl (C=O) groups is 2. The predicted molar refractivity (Wildman–Crippen MR) is 71.3 cm³/mol. The molecule has 19 heavy (non-hydrogen) atoms. The number of urea groups is 1. The Hall–Kier alpha value is -1.63. The van der Waals surface area contributed by atoms with Gasteiger partial charge in [-0.2, -0.15) is 0 Å². The summed E-state index contributed by atoms with van der Waals surface area (Å²) in [6, 6.07) is -0.117. The van der Waals surface area contributed by atoms with Crippen molar-refractivity contribution >= 4 is 23.3 Å². The first-order valence-electron chi connectivity index (χ1n) is 6.20. The molecule has 0 bridgehead atoms. The molecule has 2 heterocycles. The molecular weight excluding hydrogens is 266 g/mol. The monoisotopic (exact) mass is 283 g/mol. The molecule has 1 aromatic rings. The first kappa shape index (κ1) is 13.8. The molecule has 2 N–H and O–H groups in total. The van der Waals surface area contributed by atoms with E-state index < -0.39 is 5.97 Å². The number of hydrogen-bond acceptors (Lipinski definition) is 4. The molecule has 1 aliphatic rings. The number of rotatable bonds is 5. The van der Waals surface area contributed by atoms with Crippen LogP contribution in [-0.2, 0) is 11.2 Å². The number of carboxylic acid groups (broad SMARTS) is 1. The maximum Gasteiger partial charge on any atom is 0.317 e. The molecular formula is C12H17N3O3S. The van der Waals surface area contributed by atoms with Gasteiger partial charge >= 0.3 is 12.0 Å². The highest BCUT2D eigenvalue weighted by atomic mass is 32.1. The van der Waals surface area contributed by atoms with Gasteiger partial charge in [-0.05, 0) is 6.92 Å². The Balaban J connectivity index is 1.62. The molecule has 0 aliphatic carbocycles. The predicted octanol–water partition coefficient (Wildman–Crippen LogP) is 1.11. The minimum absolute atomic E-state index is 0.101. The van der Waals surface area contributed by atoms with Crippen LogP contribution in [0.2, 0.25) is 0 Å². The van der Waals surface area contributed by atoms with E-state index in [0.717, 1.165) is 17.1 Å². The van der Waals surface area contributed by atoms with E-state index in [4.69, 9.17) is 5.11 Å². The summed E-state index contributed by atoms with van der Waals surface area (Å²) < 4.78 is 0. The minimum atomic E-state index is -0.802. The van der Waals surface area contributed by atoms with Gasteiger partial charge in [-0.25, -0.2) is 9.78 Å². The van der Waals surface area contributed by atoms with Crippen molar-refractivity contribution < 1.29 is 14.7 Å². The second-order valence-corrected chi connectivity index (χ2v) is 5.77. The average molecular weight is 283 g/mol. The van der Waals surface area contributed by atoms with Crippen LogP contribution in [0.4, 0.5) is 4.79 Å². The summed E-state index contributed by atoms with van der Waals surface area (Å²) in [6.45, 7) is 3.58. The van der Waals surface area contributed by atoms with Gasteiger partial charge in [0, 0.05) is 37.4 Å². The molecule has 2 amide bonds. The topological polar surface area (TPSA) is 82.5 Å². The molecule has 1 aliphatic heterocycles. The van der Waals surface area contributed by atoms with Crippen LogP contribution in [-0.4, -0.2) is 46.6 Å². The number of aryl methyl sites for hydroxylation is 1. The Bertz CT molecular complexity index is 469. The van der Waals surface area contributed by atoms with Crippen LogP contribution in [0.25, 0.3) is 0 Å². The number of carbonyl (C=O) groups excluding carboxylic acids is 1. The minimum Gasteiger partial charge on any atom is -0.481 e. The first-order valence-corrected chi connectivity index (χ1v) is 7.08. The number of nitrogens with one attached hydrogen (secondary N) is 1. The van der Waals surface area contributed by atoms with Crippen molar-refractivity contribution in [3.8, 4) is 0 Å². The van der Waals surface area contributed by atoms with Gasteiger partial charge in [-0.3, -0.25) is 4.79 Å². The highest BCUT2D eigenvalue weighted by molar-refractivity contribution is 7.09. The third kappa shape index (κ3) is 3.92. The van der Waals surface area contributed by atoms with E-state index in [1.54, 1.807) is 16.2 Å². The molecule has 1 saturated heterocycles. The molecule has 6 nitrogen and oxygen atoms in total. The fraction of sp³-hybridized carbons (Fsp3) is 0.583. The number of carboxylic acids is 1. The van der Waals surface area contributed by atoms with E-state index in [1.165, 1.54) is 0 Å². The van der Waals surface area contributed by atoms with Gasteiger partial charge in [-0.1, -0.05) is 0 Å². The lowest BCUT2D eigenvalue weighted by atomic mass is 9.97. The Morgan fingerprint density at radius 1 is 1.58 bits per heavy atom. The van der Waals surface area contributed by atoms with Gasteiger partial charge in [0.05, 0.1) is 17.1 Å². The van der Waals surface area contributed by atoms with Crippen molar-refractivity contribution in [2.24, 2.45) is 5.92 Å². The number of thiazole rings is 1. The largest absolute Gasteiger partial charge is 0.481 e. The molecule has 0 aromatic carbocycles. The number of amides is 2. The van der Waals surface area contributed by atoms with Gasteiger partial charge in [0.2, 0.25) is 0 Å². The Kier molecular flexibility index (Phi) is 4.36. The van der Waals surface area contributed by atoms with E-state index in [0.29, 0.717) is 19.6 Å². The molecule has 104 valence electrons. The van der Waals surface area contributed by atoms with E-state index in [-0.39, 0.29) is 18.4 Å². The van der Waals surface area contributed by atoms with Gasteiger partial charge in [-0.15, -0.1) is 11.3 Å². The zero-order valence-corrected chi connectivity index (χ0v) is 11.6. The van der Waals surface area contributed by atoms with Crippen LogP contribution in [0.3, 0.4) is 0 Å². The second-order valence-electron chi connectivity index (χ2n) is 4.71. The van der Waals surface area contributed by atoms with Crippen molar-refractivity contribution in [2.75, 3.05) is 19.6 Å². The molecule has 1 aromatic heterocycles. The molecule has 0 radical (unpaired) electrons. The van der Waals surface area contributed by atoms with Crippen molar-refractivity contribution in [1.29, 1.82) is 0 Å². The lowest BCUT2D eigenvalue weighted by molar-refractivity contribution is -0.139. The highest BCUT2D eigenvalue weighted by Gasteiger charge is 2.31. The summed E-state index contributed by atoms with van der Waals surface area (Å²) in [5, 5.41) is 14.5. The zero-order valence-electron chi connectivity index (χ0n) is 10.8. The van der Waals surface area contributed by atoms with Crippen LogP contribution in [0.1, 0.15) is 17.1 Å². The molecule has 0 unspecified atom stereocenters. The Morgan fingerprint density at radius 2 is 2.32 bits per heavy atom. The highest BCUT2D eigenvalue weighted by Crippen LogP contribution is 2.18. The normalized spacial score (nSPS) is 15.1. The molecule has 2 rings (SSSR count). The van der Waals surface area contributed by atoms with Crippen molar-refractivity contribution in [1.82, 2.24) is 15.2 Å². The number of likely N-dealkylation sites (tertiary alicyclic amines) is 1. The fourth-order valence-electron chi connectivity index (χ4n) is 2.04. The summed E-state index contributed by atoms with van der Waals surface area (Å²) in [4.78, 5) is 28.1. The summed E-state index contributed by atoms with van der Waals surface area (Å²) >= 11 is 1.60. The van der Waals surface area contributed by atoms with Gasteiger partial charge in [0.1, 0.15) is 0 Å². The van der Waals surface area contributed by atoms with Crippen LogP contribution >= 0.6 is 11.3 Å².